The van der Waals surface area contributed by atoms with E-state index in [2.05, 4.69) is 17.5 Å². The van der Waals surface area contributed by atoms with Gasteiger partial charge in [-0.2, -0.15) is 11.8 Å². The molecule has 2 fully saturated rings. The van der Waals surface area contributed by atoms with Crippen molar-refractivity contribution in [2.45, 2.75) is 24.5 Å². The Kier molecular flexibility index (Phi) is 3.78. The molecule has 0 unspecified atom stereocenters. The molecule has 3 aliphatic rings. The van der Waals surface area contributed by atoms with Crippen LogP contribution in [0.15, 0.2) is 12.2 Å². The first-order chi connectivity index (χ1) is 10.0. The first-order valence-electron chi connectivity index (χ1n) is 7.35. The van der Waals surface area contributed by atoms with Crippen LogP contribution in [0.2, 0.25) is 0 Å². The minimum atomic E-state index is -1.18. The average Bonchev–Trinajstić information content (AvgIpc) is 3.14. The van der Waals surface area contributed by atoms with E-state index in [0.29, 0.717) is 12.2 Å². The summed E-state index contributed by atoms with van der Waals surface area (Å²) in [5.74, 6) is -0.0673. The summed E-state index contributed by atoms with van der Waals surface area (Å²) in [4.78, 5) is 24.2. The maximum Gasteiger partial charge on any atom is 0.327 e. The number of thioether (sulfide) groups is 1. The van der Waals surface area contributed by atoms with Crippen LogP contribution in [0.4, 0.5) is 0 Å². The maximum absolute atomic E-state index is 12.2. The summed E-state index contributed by atoms with van der Waals surface area (Å²) in [6.07, 6.45) is 7.01. The highest BCUT2D eigenvalue weighted by atomic mass is 32.2. The zero-order chi connectivity index (χ0) is 15.2. The highest BCUT2D eigenvalue weighted by molar-refractivity contribution is 7.98. The molecule has 1 saturated carbocycles. The number of hydrogen-bond acceptors (Lipinski definition) is 5. The van der Waals surface area contributed by atoms with Crippen molar-refractivity contribution in [2.75, 3.05) is 19.1 Å². The molecule has 0 aromatic heterocycles. The smallest absolute Gasteiger partial charge is 0.327 e. The minimum absolute atomic E-state index is 0.00194. The van der Waals surface area contributed by atoms with Crippen molar-refractivity contribution in [2.24, 2.45) is 23.7 Å². The van der Waals surface area contributed by atoms with E-state index < -0.39 is 17.6 Å². The van der Waals surface area contributed by atoms with Crippen LogP contribution in [-0.4, -0.2) is 47.7 Å². The number of aliphatic carboxylic acids is 1. The van der Waals surface area contributed by atoms with Crippen LogP contribution in [0.25, 0.3) is 0 Å². The normalized spacial score (nSPS) is 39.1. The van der Waals surface area contributed by atoms with Crippen LogP contribution in [0.1, 0.15) is 12.8 Å². The third-order valence-electron chi connectivity index (χ3n) is 5.40. The second-order valence-corrected chi connectivity index (χ2v) is 7.16. The van der Waals surface area contributed by atoms with Crippen LogP contribution in [0.3, 0.4) is 0 Å². The molecule has 0 aromatic carbocycles. The Bertz CT molecular complexity index is 494. The van der Waals surface area contributed by atoms with E-state index >= 15 is 0 Å². The molecule has 1 saturated heterocycles. The van der Waals surface area contributed by atoms with E-state index in [4.69, 9.17) is 4.74 Å². The second-order valence-electron chi connectivity index (χ2n) is 6.18. The highest BCUT2D eigenvalue weighted by Gasteiger charge is 2.64. The highest BCUT2D eigenvalue weighted by Crippen LogP contribution is 2.55. The van der Waals surface area contributed by atoms with Gasteiger partial charge >= 0.3 is 11.9 Å². The molecular formula is C15H21NO4S. The van der Waals surface area contributed by atoms with E-state index in [-0.39, 0.29) is 29.6 Å². The van der Waals surface area contributed by atoms with Crippen molar-refractivity contribution in [1.29, 1.82) is 0 Å². The molecule has 2 N–H and O–H groups in total. The number of carboxylic acids is 1. The first-order valence-corrected chi connectivity index (χ1v) is 8.74. The van der Waals surface area contributed by atoms with Crippen LogP contribution < -0.4 is 5.32 Å². The zero-order valence-electron chi connectivity index (χ0n) is 12.2. The van der Waals surface area contributed by atoms with Crippen molar-refractivity contribution in [3.05, 3.63) is 12.2 Å². The summed E-state index contributed by atoms with van der Waals surface area (Å²) < 4.78 is 5.59. The quantitative estimate of drug-likeness (QED) is 0.566. The Hall–Kier alpha value is -1.01. The Morgan fingerprint density at radius 3 is 2.86 bits per heavy atom. The standard InChI is InChI=1S/C15H21NO4S/c1-16-15(14(18)19,5-6-21-2)12-10-8-3-4-9(7-8)11(10)13(17)20-12/h3-4,8-12,16H,5-7H2,1-2H3,(H,18,19)/t8-,9+,10-,11+,12-,15+/m0/s1. The number of carboxylic acid groups (broad SMARTS) is 1. The number of fused-ring (bicyclic) bond motifs is 5. The number of allylic oxidation sites excluding steroid dienone is 2. The number of hydrogen-bond donors (Lipinski definition) is 2. The number of nitrogens with one attached hydrogen (secondary N) is 1. The molecule has 0 amide bonds. The number of carbonyl (C=O) groups excluding carboxylic acids is 1. The molecule has 21 heavy (non-hydrogen) atoms. The summed E-state index contributed by atoms with van der Waals surface area (Å²) in [5, 5.41) is 12.8. The molecule has 0 spiro atoms. The summed E-state index contributed by atoms with van der Waals surface area (Å²) in [6, 6.07) is 0. The van der Waals surface area contributed by atoms with Gasteiger partial charge in [0.05, 0.1) is 5.92 Å². The van der Waals surface area contributed by atoms with Gasteiger partial charge in [0.2, 0.25) is 0 Å². The number of ether oxygens (including phenoxy) is 1. The van der Waals surface area contributed by atoms with Crippen molar-refractivity contribution in [1.82, 2.24) is 5.32 Å². The lowest BCUT2D eigenvalue weighted by atomic mass is 9.74. The van der Waals surface area contributed by atoms with Gasteiger partial charge in [-0.15, -0.1) is 0 Å². The molecule has 2 aliphatic carbocycles. The van der Waals surface area contributed by atoms with Gasteiger partial charge in [0.15, 0.2) is 5.54 Å². The summed E-state index contributed by atoms with van der Waals surface area (Å²) in [6.45, 7) is 0. The fourth-order valence-corrected chi connectivity index (χ4v) is 4.85. The molecule has 6 heteroatoms. The van der Waals surface area contributed by atoms with E-state index in [1.807, 2.05) is 6.26 Å². The first kappa shape index (κ1) is 14.9. The van der Waals surface area contributed by atoms with Crippen molar-refractivity contribution >= 4 is 23.7 Å². The van der Waals surface area contributed by atoms with Crippen molar-refractivity contribution in [3.8, 4) is 0 Å². The Morgan fingerprint density at radius 2 is 2.24 bits per heavy atom. The Balaban J connectivity index is 1.94. The van der Waals surface area contributed by atoms with Gasteiger partial charge in [-0.3, -0.25) is 9.59 Å². The summed E-state index contributed by atoms with van der Waals surface area (Å²) in [5.41, 5.74) is -1.18. The van der Waals surface area contributed by atoms with Crippen LogP contribution >= 0.6 is 11.8 Å². The molecule has 1 aliphatic heterocycles. The third kappa shape index (κ3) is 2.03. The molecule has 0 aromatic rings. The van der Waals surface area contributed by atoms with E-state index in [0.717, 1.165) is 6.42 Å². The minimum Gasteiger partial charge on any atom is -0.480 e. The molecule has 116 valence electrons. The zero-order valence-corrected chi connectivity index (χ0v) is 13.1. The lowest BCUT2D eigenvalue weighted by Crippen LogP contribution is -2.61. The largest absolute Gasteiger partial charge is 0.480 e. The van der Waals surface area contributed by atoms with Gasteiger partial charge in [-0.05, 0) is 43.7 Å². The number of cyclic esters (lactones) is 1. The fraction of sp³-hybridized carbons (Fsp3) is 0.733. The second kappa shape index (κ2) is 5.32. The predicted octanol–water partition coefficient (Wildman–Crippen LogP) is 1.15. The predicted molar refractivity (Wildman–Crippen MR) is 80.0 cm³/mol. The van der Waals surface area contributed by atoms with Crippen molar-refractivity contribution in [3.63, 3.8) is 0 Å². The molecule has 1 heterocycles. The number of esters is 1. The topological polar surface area (TPSA) is 75.6 Å². The molecule has 5 nitrogen and oxygen atoms in total. The average molecular weight is 311 g/mol. The van der Waals surface area contributed by atoms with Gasteiger partial charge in [-0.1, -0.05) is 12.2 Å². The number of likely N-dealkylation sites (N-methyl/N-ethyl adjacent to an activating group) is 1. The van der Waals surface area contributed by atoms with Gasteiger partial charge in [0.25, 0.3) is 0 Å². The van der Waals surface area contributed by atoms with E-state index in [1.165, 1.54) is 0 Å². The SMILES string of the molecule is CN[C@@](CCSC)(C(=O)O)[C@H]1OC(=O)[C@H]2[C@@H]1[C@H]1C=C[C@@H]2C1. The van der Waals surface area contributed by atoms with Gasteiger partial charge in [0, 0.05) is 5.92 Å². The Morgan fingerprint density at radius 1 is 1.52 bits per heavy atom. The third-order valence-corrected chi connectivity index (χ3v) is 6.01. The summed E-state index contributed by atoms with van der Waals surface area (Å²) in [7, 11) is 1.65. The van der Waals surface area contributed by atoms with E-state index in [1.54, 1.807) is 18.8 Å². The lowest BCUT2D eigenvalue weighted by molar-refractivity contribution is -0.158. The number of rotatable bonds is 6. The Labute approximate surface area is 128 Å². The molecule has 2 bridgehead atoms. The van der Waals surface area contributed by atoms with Crippen LogP contribution in [-0.2, 0) is 14.3 Å². The maximum atomic E-state index is 12.2. The van der Waals surface area contributed by atoms with E-state index in [9.17, 15) is 14.7 Å². The van der Waals surface area contributed by atoms with Crippen LogP contribution in [0, 0.1) is 23.7 Å². The molecule has 3 rings (SSSR count). The fourth-order valence-electron chi connectivity index (χ4n) is 4.32. The monoisotopic (exact) mass is 311 g/mol. The van der Waals surface area contributed by atoms with Gasteiger partial charge < -0.3 is 15.2 Å². The molecule has 6 atom stereocenters. The molecular weight excluding hydrogens is 290 g/mol. The van der Waals surface area contributed by atoms with Gasteiger partial charge in [-0.25, -0.2) is 0 Å². The van der Waals surface area contributed by atoms with Crippen molar-refractivity contribution < 1.29 is 19.4 Å². The molecule has 0 radical (unpaired) electrons. The number of carbonyl (C=O) groups is 2. The lowest BCUT2D eigenvalue weighted by Gasteiger charge is -2.37. The summed E-state index contributed by atoms with van der Waals surface area (Å²) >= 11 is 1.60. The van der Waals surface area contributed by atoms with Crippen LogP contribution in [0.5, 0.6) is 0 Å². The van der Waals surface area contributed by atoms with Gasteiger partial charge in [0.1, 0.15) is 6.10 Å².